The molecule has 0 amide bonds. The van der Waals surface area contributed by atoms with Crippen molar-refractivity contribution in [2.24, 2.45) is 11.3 Å². The predicted octanol–water partition coefficient (Wildman–Crippen LogP) is 2.47. The molecule has 0 spiro atoms. The van der Waals surface area contributed by atoms with Crippen LogP contribution in [0, 0.1) is 11.3 Å². The largest absolute Gasteiger partial charge is 0.309 e. The Bertz CT molecular complexity index is 626. The number of nitrogens with one attached hydrogen (secondary N) is 2. The summed E-state index contributed by atoms with van der Waals surface area (Å²) in [6.07, 6.45) is 7.47. The van der Waals surface area contributed by atoms with Crippen molar-refractivity contribution < 1.29 is 8.42 Å². The van der Waals surface area contributed by atoms with Gasteiger partial charge in [0.25, 0.3) is 0 Å². The Kier molecular flexibility index (Phi) is 3.41. The van der Waals surface area contributed by atoms with Crippen LogP contribution in [0.4, 0.5) is 0 Å². The maximum Gasteiger partial charge on any atom is 0.241 e. The van der Waals surface area contributed by atoms with Gasteiger partial charge in [-0.05, 0) is 55.9 Å². The van der Waals surface area contributed by atoms with Crippen LogP contribution < -0.4 is 10.0 Å². The minimum Gasteiger partial charge on any atom is -0.309 e. The van der Waals surface area contributed by atoms with E-state index in [0.717, 1.165) is 17.3 Å². The van der Waals surface area contributed by atoms with E-state index < -0.39 is 10.0 Å². The molecule has 4 rings (SSSR count). The molecular weight excluding hydrogens is 304 g/mol. The summed E-state index contributed by atoms with van der Waals surface area (Å²) in [4.78, 5) is 1.54. The lowest BCUT2D eigenvalue weighted by Gasteiger charge is -2.14. The number of thiophene rings is 1. The first-order valence-corrected chi connectivity index (χ1v) is 10.2. The van der Waals surface area contributed by atoms with Gasteiger partial charge in [-0.15, -0.1) is 11.3 Å². The van der Waals surface area contributed by atoms with Gasteiger partial charge in [0.05, 0.1) is 4.90 Å². The zero-order valence-corrected chi connectivity index (χ0v) is 13.7. The first kappa shape index (κ1) is 14.2. The van der Waals surface area contributed by atoms with Crippen LogP contribution in [-0.2, 0) is 16.6 Å². The van der Waals surface area contributed by atoms with Gasteiger partial charge in [0, 0.05) is 29.4 Å². The van der Waals surface area contributed by atoms with Crippen LogP contribution in [0.25, 0.3) is 0 Å². The molecule has 116 valence electrons. The Balaban J connectivity index is 1.36. The van der Waals surface area contributed by atoms with E-state index in [9.17, 15) is 8.42 Å². The summed E-state index contributed by atoms with van der Waals surface area (Å²) in [6, 6.07) is 2.47. The molecule has 0 radical (unpaired) electrons. The van der Waals surface area contributed by atoms with Crippen LogP contribution >= 0.6 is 11.3 Å². The molecule has 0 bridgehead atoms. The number of hydrogen-bond donors (Lipinski definition) is 2. The first-order valence-electron chi connectivity index (χ1n) is 7.88. The lowest BCUT2D eigenvalue weighted by atomic mass is 10.0. The maximum atomic E-state index is 12.4. The van der Waals surface area contributed by atoms with Gasteiger partial charge in [0.1, 0.15) is 0 Å². The van der Waals surface area contributed by atoms with Crippen LogP contribution in [0.1, 0.15) is 43.4 Å². The van der Waals surface area contributed by atoms with E-state index in [1.165, 1.54) is 49.9 Å². The summed E-state index contributed by atoms with van der Waals surface area (Å²) in [5, 5.41) is 5.19. The first-order chi connectivity index (χ1) is 10.1. The van der Waals surface area contributed by atoms with Crippen LogP contribution in [0.2, 0.25) is 0 Å². The third-order valence-corrected chi connectivity index (χ3v) is 7.50. The number of sulfonamides is 1. The molecule has 1 aromatic heterocycles. The molecule has 0 atom stereocenters. The van der Waals surface area contributed by atoms with Crippen molar-refractivity contribution in [3.05, 3.63) is 16.3 Å². The molecular formula is C15H22N2O2S2. The van der Waals surface area contributed by atoms with Crippen molar-refractivity contribution in [1.29, 1.82) is 0 Å². The third-order valence-electron chi connectivity index (χ3n) is 5.03. The molecule has 3 fully saturated rings. The predicted molar refractivity (Wildman–Crippen MR) is 83.8 cm³/mol. The molecule has 2 N–H and O–H groups in total. The van der Waals surface area contributed by atoms with E-state index in [1.54, 1.807) is 5.38 Å². The molecule has 3 saturated carbocycles. The summed E-state index contributed by atoms with van der Waals surface area (Å²) in [5.74, 6) is 0.779. The molecule has 4 nitrogen and oxygen atoms in total. The second-order valence-corrected chi connectivity index (χ2v) is 9.63. The normalized spacial score (nSPS) is 24.2. The smallest absolute Gasteiger partial charge is 0.241 e. The minimum atomic E-state index is -3.33. The maximum absolute atomic E-state index is 12.4. The lowest BCUT2D eigenvalue weighted by Crippen LogP contribution is -2.31. The second kappa shape index (κ2) is 5.05. The summed E-state index contributed by atoms with van der Waals surface area (Å²) in [5.41, 5.74) is 0.305. The Hall–Kier alpha value is -0.430. The average Bonchev–Trinajstić information content (AvgIpc) is 3.31. The molecule has 0 aromatic carbocycles. The second-order valence-electron chi connectivity index (χ2n) is 6.87. The highest BCUT2D eigenvalue weighted by Crippen LogP contribution is 2.60. The average molecular weight is 326 g/mol. The highest BCUT2D eigenvalue weighted by Gasteiger charge is 2.53. The summed E-state index contributed by atoms with van der Waals surface area (Å²) in [6.45, 7) is 1.42. The van der Waals surface area contributed by atoms with Gasteiger partial charge in [-0.25, -0.2) is 13.1 Å². The van der Waals surface area contributed by atoms with Gasteiger partial charge < -0.3 is 5.32 Å². The monoisotopic (exact) mass is 326 g/mol. The molecule has 0 unspecified atom stereocenters. The summed E-state index contributed by atoms with van der Waals surface area (Å²) >= 11 is 1.53. The van der Waals surface area contributed by atoms with Gasteiger partial charge in [0.15, 0.2) is 0 Å². The zero-order chi connectivity index (χ0) is 14.5. The zero-order valence-electron chi connectivity index (χ0n) is 12.1. The third kappa shape index (κ3) is 3.18. The molecule has 3 aliphatic carbocycles. The Morgan fingerprint density at radius 1 is 1.24 bits per heavy atom. The van der Waals surface area contributed by atoms with Gasteiger partial charge >= 0.3 is 0 Å². The molecule has 1 aromatic rings. The SMILES string of the molecule is O=S(=O)(NCC1(C2CC2)CC1)c1csc(CNC2CC2)c1. The van der Waals surface area contributed by atoms with E-state index >= 15 is 0 Å². The summed E-state index contributed by atoms with van der Waals surface area (Å²) < 4.78 is 27.6. The standard InChI is InChI=1S/C15H22N2O2S2/c18-21(19,17-10-15(5-6-15)11-1-2-11)14-7-13(20-9-14)8-16-12-3-4-12/h7,9,11-12,16-17H,1-6,8,10H2. The van der Waals surface area contributed by atoms with E-state index in [4.69, 9.17) is 0 Å². The van der Waals surface area contributed by atoms with E-state index in [0.29, 0.717) is 22.9 Å². The molecule has 0 saturated heterocycles. The van der Waals surface area contributed by atoms with E-state index in [-0.39, 0.29) is 0 Å². The summed E-state index contributed by atoms with van der Waals surface area (Å²) in [7, 11) is -3.33. The topological polar surface area (TPSA) is 58.2 Å². The van der Waals surface area contributed by atoms with Crippen LogP contribution in [-0.4, -0.2) is 21.0 Å². The lowest BCUT2D eigenvalue weighted by molar-refractivity contribution is 0.432. The van der Waals surface area contributed by atoms with Crippen molar-refractivity contribution in [2.45, 2.75) is 56.0 Å². The molecule has 1 heterocycles. The van der Waals surface area contributed by atoms with Gasteiger partial charge in [0.2, 0.25) is 10.0 Å². The van der Waals surface area contributed by atoms with Crippen molar-refractivity contribution in [3.63, 3.8) is 0 Å². The van der Waals surface area contributed by atoms with Crippen molar-refractivity contribution in [2.75, 3.05) is 6.54 Å². The Morgan fingerprint density at radius 2 is 2.00 bits per heavy atom. The Morgan fingerprint density at radius 3 is 2.62 bits per heavy atom. The van der Waals surface area contributed by atoms with Crippen molar-refractivity contribution in [1.82, 2.24) is 10.0 Å². The fourth-order valence-electron chi connectivity index (χ4n) is 3.03. The van der Waals surface area contributed by atoms with Crippen LogP contribution in [0.5, 0.6) is 0 Å². The van der Waals surface area contributed by atoms with Crippen LogP contribution in [0.15, 0.2) is 16.3 Å². The van der Waals surface area contributed by atoms with Gasteiger partial charge in [-0.3, -0.25) is 0 Å². The van der Waals surface area contributed by atoms with Gasteiger partial charge in [-0.1, -0.05) is 0 Å². The van der Waals surface area contributed by atoms with E-state index in [1.807, 2.05) is 6.07 Å². The fourth-order valence-corrected chi connectivity index (χ4v) is 5.40. The molecule has 0 aliphatic heterocycles. The molecule has 3 aliphatic rings. The minimum absolute atomic E-state index is 0.305. The quantitative estimate of drug-likeness (QED) is 0.771. The molecule has 6 heteroatoms. The van der Waals surface area contributed by atoms with E-state index in [2.05, 4.69) is 10.0 Å². The van der Waals surface area contributed by atoms with Crippen LogP contribution in [0.3, 0.4) is 0 Å². The Labute approximate surface area is 130 Å². The highest BCUT2D eigenvalue weighted by atomic mass is 32.2. The molecule has 21 heavy (non-hydrogen) atoms. The highest BCUT2D eigenvalue weighted by molar-refractivity contribution is 7.89. The van der Waals surface area contributed by atoms with Gasteiger partial charge in [-0.2, -0.15) is 0 Å². The van der Waals surface area contributed by atoms with Crippen molar-refractivity contribution in [3.8, 4) is 0 Å². The number of hydrogen-bond acceptors (Lipinski definition) is 4. The fraction of sp³-hybridized carbons (Fsp3) is 0.733. The number of rotatable bonds is 8. The van der Waals surface area contributed by atoms with Crippen molar-refractivity contribution >= 4 is 21.4 Å².